The van der Waals surface area contributed by atoms with Crippen molar-refractivity contribution in [3.05, 3.63) is 24.0 Å². The van der Waals surface area contributed by atoms with E-state index in [2.05, 4.69) is 0 Å². The van der Waals surface area contributed by atoms with Gasteiger partial charge in [0.15, 0.2) is 0 Å². The van der Waals surface area contributed by atoms with Crippen LogP contribution in [0.4, 0.5) is 39.5 Å². The highest BCUT2D eigenvalue weighted by Crippen LogP contribution is 2.56. The number of thioether (sulfide) groups is 1. The van der Waals surface area contributed by atoms with Gasteiger partial charge in [0, 0.05) is 4.90 Å². The van der Waals surface area contributed by atoms with Gasteiger partial charge in [0.2, 0.25) is 0 Å². The third-order valence-electron chi connectivity index (χ3n) is 3.22. The van der Waals surface area contributed by atoms with Crippen molar-refractivity contribution in [3.63, 3.8) is 0 Å². The van der Waals surface area contributed by atoms with Crippen LogP contribution in [0.1, 0.15) is 0 Å². The Bertz CT molecular complexity index is 973. The summed E-state index contributed by atoms with van der Waals surface area (Å²) in [5.74, 6) is -17.3. The molecule has 0 saturated carbocycles. The minimum atomic E-state index is -7.63. The fraction of sp³-hybridized carbons (Fsp3) is 0.455. The highest BCUT2D eigenvalue weighted by molar-refractivity contribution is 7.98. The molecule has 1 aromatic rings. The minimum absolute atomic E-state index is 0.000435. The Kier molecular flexibility index (Phi) is 6.16. The summed E-state index contributed by atoms with van der Waals surface area (Å²) in [6, 6.07) is 0.885. The standard InChI is InChI=1S/C11H7F9O5S3/c1-26-5-2-3-7(6(12)4-5)27(21,22)10(17,18)8(13,14)9(15,16)11(19,20)28(23,24)25/h2-4H,1H3,(H,23,24,25). The smallest absolute Gasteiger partial charge is 0.281 e. The second-order valence-electron chi connectivity index (χ2n) is 4.96. The third kappa shape index (κ3) is 3.35. The van der Waals surface area contributed by atoms with E-state index in [1.54, 1.807) is 0 Å². The molecular formula is C11H7F9O5S3. The number of halogens is 9. The summed E-state index contributed by atoms with van der Waals surface area (Å²) in [6.07, 6.45) is 1.31. The molecule has 0 fully saturated rings. The Hall–Kier alpha value is -1.20. The van der Waals surface area contributed by atoms with Crippen LogP contribution in [-0.2, 0) is 20.0 Å². The van der Waals surface area contributed by atoms with E-state index in [1.807, 2.05) is 0 Å². The molecule has 5 nitrogen and oxygen atoms in total. The van der Waals surface area contributed by atoms with E-state index in [0.717, 1.165) is 11.8 Å². The Morgan fingerprint density at radius 2 is 1.29 bits per heavy atom. The molecule has 1 aromatic carbocycles. The van der Waals surface area contributed by atoms with Gasteiger partial charge in [-0.2, -0.15) is 43.5 Å². The van der Waals surface area contributed by atoms with Gasteiger partial charge in [0.25, 0.3) is 9.84 Å². The number of sulfone groups is 1. The summed E-state index contributed by atoms with van der Waals surface area (Å²) in [7, 11) is -14.5. The molecule has 0 atom stereocenters. The van der Waals surface area contributed by atoms with E-state index in [0.29, 0.717) is 6.07 Å². The number of hydrogen-bond donors (Lipinski definition) is 1. The first-order chi connectivity index (χ1) is 12.2. The van der Waals surface area contributed by atoms with E-state index in [4.69, 9.17) is 4.55 Å². The molecule has 0 saturated heterocycles. The first kappa shape index (κ1) is 24.8. The minimum Gasteiger partial charge on any atom is -0.281 e. The highest BCUT2D eigenvalue weighted by atomic mass is 32.2. The van der Waals surface area contributed by atoms with Crippen molar-refractivity contribution < 1.29 is 60.9 Å². The van der Waals surface area contributed by atoms with Crippen molar-refractivity contribution in [2.45, 2.75) is 32.1 Å². The largest absolute Gasteiger partial charge is 0.438 e. The average Bonchev–Trinajstić information content (AvgIpc) is 2.52. The van der Waals surface area contributed by atoms with E-state index in [1.165, 1.54) is 6.26 Å². The van der Waals surface area contributed by atoms with E-state index in [-0.39, 0.29) is 17.0 Å². The molecule has 0 aromatic heterocycles. The fourth-order valence-electron chi connectivity index (χ4n) is 1.66. The van der Waals surface area contributed by atoms with Crippen LogP contribution in [0.15, 0.2) is 28.0 Å². The van der Waals surface area contributed by atoms with Crippen molar-refractivity contribution in [3.8, 4) is 0 Å². The van der Waals surface area contributed by atoms with Gasteiger partial charge in [-0.25, -0.2) is 12.8 Å². The predicted octanol–water partition coefficient (Wildman–Crippen LogP) is 3.67. The van der Waals surface area contributed by atoms with Gasteiger partial charge in [0.05, 0.1) is 0 Å². The van der Waals surface area contributed by atoms with Gasteiger partial charge in [-0.3, -0.25) is 4.55 Å². The number of rotatable bonds is 7. The van der Waals surface area contributed by atoms with Crippen molar-refractivity contribution in [1.82, 2.24) is 0 Å². The average molecular weight is 486 g/mol. The molecule has 0 heterocycles. The van der Waals surface area contributed by atoms with Crippen molar-refractivity contribution in [2.24, 2.45) is 0 Å². The van der Waals surface area contributed by atoms with E-state index < -0.39 is 53.0 Å². The van der Waals surface area contributed by atoms with Gasteiger partial charge < -0.3 is 0 Å². The second-order valence-corrected chi connectivity index (χ2v) is 9.26. The highest BCUT2D eigenvalue weighted by Gasteiger charge is 2.87. The topological polar surface area (TPSA) is 88.5 Å². The Balaban J connectivity index is 3.72. The molecule has 0 aliphatic rings. The summed E-state index contributed by atoms with van der Waals surface area (Å²) in [4.78, 5) is -2.34. The van der Waals surface area contributed by atoms with Crippen molar-refractivity contribution >= 4 is 31.7 Å². The van der Waals surface area contributed by atoms with Crippen LogP contribution in [0.3, 0.4) is 0 Å². The lowest BCUT2D eigenvalue weighted by Gasteiger charge is -2.34. The third-order valence-corrected chi connectivity index (χ3v) is 6.69. The monoisotopic (exact) mass is 486 g/mol. The molecule has 28 heavy (non-hydrogen) atoms. The van der Waals surface area contributed by atoms with Crippen LogP contribution in [0.2, 0.25) is 0 Å². The molecule has 162 valence electrons. The number of alkyl halides is 8. The Morgan fingerprint density at radius 3 is 1.64 bits per heavy atom. The summed E-state index contributed by atoms with van der Waals surface area (Å²) < 4.78 is 173. The quantitative estimate of drug-likeness (QED) is 0.360. The normalized spacial score (nSPS) is 15.0. The zero-order chi connectivity index (χ0) is 22.6. The molecule has 1 N–H and O–H groups in total. The van der Waals surface area contributed by atoms with E-state index >= 15 is 0 Å². The maximum absolute atomic E-state index is 13.8. The summed E-state index contributed by atoms with van der Waals surface area (Å²) in [5, 5.41) is -14.3. The van der Waals surface area contributed by atoms with Gasteiger partial charge in [-0.1, -0.05) is 0 Å². The Labute approximate surface area is 155 Å². The molecule has 0 radical (unpaired) electrons. The van der Waals surface area contributed by atoms with Crippen LogP contribution in [0.25, 0.3) is 0 Å². The first-order valence-corrected chi connectivity index (χ1v) is 10.4. The van der Waals surface area contributed by atoms with Crippen LogP contribution in [-0.4, -0.2) is 50.0 Å². The van der Waals surface area contributed by atoms with Crippen LogP contribution in [0, 0.1) is 5.82 Å². The molecule has 0 aliphatic heterocycles. The van der Waals surface area contributed by atoms with Crippen molar-refractivity contribution in [2.75, 3.05) is 6.26 Å². The predicted molar refractivity (Wildman–Crippen MR) is 76.7 cm³/mol. The number of benzene rings is 1. The molecule has 0 aliphatic carbocycles. The maximum Gasteiger partial charge on any atom is 0.438 e. The Morgan fingerprint density at radius 1 is 0.857 bits per heavy atom. The molecule has 17 heteroatoms. The lowest BCUT2D eigenvalue weighted by atomic mass is 10.2. The molecule has 0 spiro atoms. The van der Waals surface area contributed by atoms with Crippen LogP contribution < -0.4 is 0 Å². The zero-order valence-electron chi connectivity index (χ0n) is 12.9. The van der Waals surface area contributed by atoms with Gasteiger partial charge in [-0.05, 0) is 24.5 Å². The van der Waals surface area contributed by atoms with E-state index in [9.17, 15) is 56.3 Å². The zero-order valence-corrected chi connectivity index (χ0v) is 15.4. The summed E-state index contributed by atoms with van der Waals surface area (Å²) in [5.41, 5.74) is 0. The maximum atomic E-state index is 13.8. The SMILES string of the molecule is CSc1ccc(S(=O)(=O)C(F)(F)C(F)(F)C(F)(F)C(F)(F)S(=O)(=O)O)c(F)c1. The van der Waals surface area contributed by atoms with Gasteiger partial charge in [0.1, 0.15) is 10.7 Å². The lowest BCUT2D eigenvalue weighted by Crippen LogP contribution is -2.66. The molecule has 0 amide bonds. The molecule has 0 unspecified atom stereocenters. The lowest BCUT2D eigenvalue weighted by molar-refractivity contribution is -0.326. The summed E-state index contributed by atoms with van der Waals surface area (Å²) in [6.45, 7) is 0. The van der Waals surface area contributed by atoms with Crippen molar-refractivity contribution in [1.29, 1.82) is 0 Å². The summed E-state index contributed by atoms with van der Waals surface area (Å²) >= 11 is 0.742. The second kappa shape index (κ2) is 6.94. The van der Waals surface area contributed by atoms with Gasteiger partial charge in [-0.15, -0.1) is 11.8 Å². The first-order valence-electron chi connectivity index (χ1n) is 6.26. The fourth-order valence-corrected chi connectivity index (χ4v) is 3.84. The molecule has 1 rings (SSSR count). The van der Waals surface area contributed by atoms with Gasteiger partial charge >= 0.3 is 32.5 Å². The molecular weight excluding hydrogens is 479 g/mol. The number of hydrogen-bond acceptors (Lipinski definition) is 5. The van der Waals surface area contributed by atoms with Crippen LogP contribution >= 0.6 is 11.8 Å². The molecule has 0 bridgehead atoms. The van der Waals surface area contributed by atoms with Crippen LogP contribution in [0.5, 0.6) is 0 Å².